The first kappa shape index (κ1) is 38.7. The maximum Gasteiger partial charge on any atom is 0.437 e. The summed E-state index contributed by atoms with van der Waals surface area (Å²) in [4.78, 5) is 31.9. The van der Waals surface area contributed by atoms with Gasteiger partial charge in [0, 0.05) is 48.8 Å². The fourth-order valence-corrected chi connectivity index (χ4v) is 7.41. The lowest BCUT2D eigenvalue weighted by Crippen LogP contribution is -2.35. The molecule has 3 aromatic carbocycles. The number of carbonyl (C=O) groups excluding carboxylic acids is 1. The second-order valence-corrected chi connectivity index (χ2v) is 13.7. The number of ether oxygens (including phenoxy) is 2. The molecule has 16 heteroatoms. The Morgan fingerprint density at radius 2 is 1.80 bits per heavy atom. The maximum absolute atomic E-state index is 15.6. The minimum Gasteiger partial charge on any atom is -0.496 e. The molecule has 0 spiro atoms. The van der Waals surface area contributed by atoms with Crippen molar-refractivity contribution >= 4 is 29.3 Å². The van der Waals surface area contributed by atoms with Crippen LogP contribution in [0.15, 0.2) is 48.5 Å². The number of nitrogens with zero attached hydrogens (tertiary/aromatic N) is 3. The third kappa shape index (κ3) is 8.37. The number of hydrogen-bond acceptors (Lipinski definition) is 9. The maximum atomic E-state index is 15.6. The molecule has 0 saturated carbocycles. The molecule has 1 saturated heterocycles. The molecule has 2 atom stereocenters. The SMILES string of the molecule is COc1cc(-c2cccc(-c3cccc4c3CC[C@@H]4Nc3nc(OC)c(CN(C)CC(=O)O)nc3C(F)(F)F)c2Cl)cc(F)c1CNC[C@@H]1CCC(=O)N1. The molecular formula is C38H39ClF4N6O5. The van der Waals surface area contributed by atoms with Gasteiger partial charge in [0.15, 0.2) is 11.5 Å². The van der Waals surface area contributed by atoms with E-state index in [0.717, 1.165) is 16.7 Å². The summed E-state index contributed by atoms with van der Waals surface area (Å²) in [7, 11) is 4.16. The van der Waals surface area contributed by atoms with Crippen LogP contribution in [0.1, 0.15) is 53.4 Å². The zero-order chi connectivity index (χ0) is 38.7. The Morgan fingerprint density at radius 1 is 1.06 bits per heavy atom. The lowest BCUT2D eigenvalue weighted by atomic mass is 9.93. The molecule has 286 valence electrons. The molecule has 4 aromatic rings. The lowest BCUT2D eigenvalue weighted by molar-refractivity contribution is -0.141. The van der Waals surface area contributed by atoms with Crippen LogP contribution in [0.4, 0.5) is 23.4 Å². The van der Waals surface area contributed by atoms with Crippen molar-refractivity contribution in [3.8, 4) is 33.9 Å². The van der Waals surface area contributed by atoms with Crippen LogP contribution in [0.25, 0.3) is 22.3 Å². The zero-order valence-electron chi connectivity index (χ0n) is 29.7. The van der Waals surface area contributed by atoms with E-state index in [-0.39, 0.29) is 36.6 Å². The van der Waals surface area contributed by atoms with Crippen LogP contribution in [0.5, 0.6) is 11.6 Å². The van der Waals surface area contributed by atoms with Crippen LogP contribution in [-0.4, -0.2) is 72.2 Å². The van der Waals surface area contributed by atoms with Crippen molar-refractivity contribution < 1.29 is 41.7 Å². The van der Waals surface area contributed by atoms with E-state index in [1.165, 1.54) is 32.2 Å². The molecule has 1 aliphatic heterocycles. The molecule has 1 aliphatic carbocycles. The summed E-state index contributed by atoms with van der Waals surface area (Å²) >= 11 is 7.07. The van der Waals surface area contributed by atoms with Crippen molar-refractivity contribution in [3.05, 3.63) is 87.4 Å². The summed E-state index contributed by atoms with van der Waals surface area (Å²) in [6, 6.07) is 13.5. The highest BCUT2D eigenvalue weighted by Gasteiger charge is 2.39. The highest BCUT2D eigenvalue weighted by Crippen LogP contribution is 2.45. The minimum atomic E-state index is -4.87. The molecule has 1 amide bonds. The molecule has 0 unspecified atom stereocenters. The van der Waals surface area contributed by atoms with Gasteiger partial charge in [0.25, 0.3) is 0 Å². The van der Waals surface area contributed by atoms with Gasteiger partial charge in [-0.15, -0.1) is 0 Å². The van der Waals surface area contributed by atoms with Gasteiger partial charge in [0.05, 0.1) is 31.8 Å². The van der Waals surface area contributed by atoms with Gasteiger partial charge in [-0.3, -0.25) is 14.5 Å². The Labute approximate surface area is 314 Å². The monoisotopic (exact) mass is 770 g/mol. The molecule has 2 heterocycles. The molecule has 2 aliphatic rings. The Morgan fingerprint density at radius 3 is 2.48 bits per heavy atom. The average molecular weight is 771 g/mol. The average Bonchev–Trinajstić information content (AvgIpc) is 3.73. The Balaban J connectivity index is 1.27. The van der Waals surface area contributed by atoms with Crippen LogP contribution in [0, 0.1) is 5.82 Å². The predicted molar refractivity (Wildman–Crippen MR) is 194 cm³/mol. The van der Waals surface area contributed by atoms with E-state index in [4.69, 9.17) is 26.2 Å². The third-order valence-electron chi connectivity index (χ3n) is 9.55. The van der Waals surface area contributed by atoms with E-state index < -0.39 is 42.1 Å². The van der Waals surface area contributed by atoms with E-state index in [1.807, 2.05) is 24.3 Å². The van der Waals surface area contributed by atoms with Gasteiger partial charge in [0.2, 0.25) is 11.8 Å². The van der Waals surface area contributed by atoms with Crippen molar-refractivity contribution in [3.63, 3.8) is 0 Å². The van der Waals surface area contributed by atoms with Gasteiger partial charge < -0.3 is 30.5 Å². The van der Waals surface area contributed by atoms with Crippen LogP contribution in [0.2, 0.25) is 5.02 Å². The van der Waals surface area contributed by atoms with E-state index in [9.17, 15) is 22.8 Å². The van der Waals surface area contributed by atoms with Crippen molar-refractivity contribution in [2.24, 2.45) is 0 Å². The second-order valence-electron chi connectivity index (χ2n) is 13.3. The fourth-order valence-electron chi connectivity index (χ4n) is 7.07. The number of carboxylic acids is 1. The summed E-state index contributed by atoms with van der Waals surface area (Å²) in [6.45, 7) is 0.0366. The number of nitrogens with one attached hydrogen (secondary N) is 3. The van der Waals surface area contributed by atoms with E-state index in [2.05, 4.69) is 25.9 Å². The van der Waals surface area contributed by atoms with Crippen LogP contribution in [-0.2, 0) is 35.3 Å². The number of aliphatic carboxylic acids is 1. The number of likely N-dealkylation sites (N-methyl/N-ethyl adjacent to an activating group) is 1. The smallest absolute Gasteiger partial charge is 0.437 e. The molecule has 4 N–H and O–H groups in total. The Bertz CT molecular complexity index is 2070. The van der Waals surface area contributed by atoms with Gasteiger partial charge in [-0.1, -0.05) is 48.0 Å². The number of halogens is 5. The first-order valence-electron chi connectivity index (χ1n) is 17.2. The first-order valence-corrected chi connectivity index (χ1v) is 17.6. The van der Waals surface area contributed by atoms with Gasteiger partial charge in [0.1, 0.15) is 17.3 Å². The van der Waals surface area contributed by atoms with Gasteiger partial charge in [-0.2, -0.15) is 18.2 Å². The van der Waals surface area contributed by atoms with E-state index in [1.54, 1.807) is 18.2 Å². The van der Waals surface area contributed by atoms with Crippen molar-refractivity contribution in [1.29, 1.82) is 0 Å². The van der Waals surface area contributed by atoms with Gasteiger partial charge >= 0.3 is 12.1 Å². The Hall–Kier alpha value is -4.99. The van der Waals surface area contributed by atoms with Gasteiger partial charge in [-0.05, 0) is 60.7 Å². The van der Waals surface area contributed by atoms with E-state index >= 15 is 4.39 Å². The second kappa shape index (κ2) is 16.2. The number of rotatable bonds is 14. The number of anilines is 1. The summed E-state index contributed by atoms with van der Waals surface area (Å²) in [5.74, 6) is -1.96. The standard InChI is InChI=1S/C38H39ClF4N6O5/c1-49(19-33(51)52)18-30-37(54-3)48-36(35(46-30)38(41,42)43)47-29-12-11-24-23(7-5-8-25(24)29)26-9-4-6-22(34(26)39)20-14-28(40)27(31(15-20)53-2)17-44-16-21-10-13-32(50)45-21/h4-9,14-15,21,29,44H,10-13,16-19H2,1-3H3,(H,45,50)(H,47,48)(H,51,52)/t21-,29-/m0/s1. The molecule has 6 rings (SSSR count). The number of alkyl halides is 3. The fraction of sp³-hybridized carbons (Fsp3) is 0.368. The Kier molecular flexibility index (Phi) is 11.6. The summed E-state index contributed by atoms with van der Waals surface area (Å²) in [5.41, 5.74) is 3.11. The first-order chi connectivity index (χ1) is 25.8. The van der Waals surface area contributed by atoms with Crippen LogP contribution in [0.3, 0.4) is 0 Å². The largest absolute Gasteiger partial charge is 0.496 e. The van der Waals surface area contributed by atoms with Crippen molar-refractivity contribution in [1.82, 2.24) is 25.5 Å². The van der Waals surface area contributed by atoms with Crippen molar-refractivity contribution in [2.45, 2.75) is 57.0 Å². The molecule has 1 aromatic heterocycles. The number of hydrogen-bond donors (Lipinski definition) is 4. The molecule has 54 heavy (non-hydrogen) atoms. The van der Waals surface area contributed by atoms with Gasteiger partial charge in [-0.25, -0.2) is 9.37 Å². The topological polar surface area (TPSA) is 138 Å². The number of methoxy groups -OCH3 is 2. The summed E-state index contributed by atoms with van der Waals surface area (Å²) < 4.78 is 69.5. The van der Waals surface area contributed by atoms with Crippen LogP contribution >= 0.6 is 11.6 Å². The zero-order valence-corrected chi connectivity index (χ0v) is 30.5. The lowest BCUT2D eigenvalue weighted by Gasteiger charge is -2.22. The highest BCUT2D eigenvalue weighted by atomic mass is 35.5. The molecular weight excluding hydrogens is 732 g/mol. The normalized spacial score (nSPS) is 16.7. The number of aromatic nitrogens is 2. The summed E-state index contributed by atoms with van der Waals surface area (Å²) in [5, 5.41) is 18.5. The third-order valence-corrected chi connectivity index (χ3v) is 9.96. The van der Waals surface area contributed by atoms with E-state index in [0.29, 0.717) is 65.3 Å². The quantitative estimate of drug-likeness (QED) is 0.104. The number of amides is 1. The molecule has 1 fully saturated rings. The number of carboxylic acid groups (broad SMARTS) is 1. The number of carbonyl (C=O) groups is 2. The number of fused-ring (bicyclic) bond motifs is 1. The number of benzene rings is 3. The molecule has 0 bridgehead atoms. The summed E-state index contributed by atoms with van der Waals surface area (Å²) in [6.07, 6.45) is -2.72. The predicted octanol–water partition coefficient (Wildman–Crippen LogP) is 6.62. The van der Waals surface area contributed by atoms with Crippen LogP contribution < -0.4 is 25.4 Å². The molecule has 0 radical (unpaired) electrons. The highest BCUT2D eigenvalue weighted by molar-refractivity contribution is 6.36. The van der Waals surface area contributed by atoms with Crippen molar-refractivity contribution in [2.75, 3.05) is 39.7 Å². The minimum absolute atomic E-state index is 0.00409. The molecule has 11 nitrogen and oxygen atoms in total.